The van der Waals surface area contributed by atoms with Crippen LogP contribution in [0.4, 0.5) is 0 Å². The minimum atomic E-state index is 0. The summed E-state index contributed by atoms with van der Waals surface area (Å²) in [7, 11) is 2.09. The van der Waals surface area contributed by atoms with Gasteiger partial charge >= 0.3 is 0 Å². The topological polar surface area (TPSA) is 8.81 Å². The second-order valence-corrected chi connectivity index (χ2v) is 4.36. The number of rotatable bonds is 1. The fraction of sp³-hybridized carbons (Fsp3) is 0.727. The van der Waals surface area contributed by atoms with Gasteiger partial charge in [0.15, 0.2) is 0 Å². The molecule has 0 amide bonds. The zero-order valence-corrected chi connectivity index (χ0v) is 10.6. The number of halogens is 1. The minimum Gasteiger partial charge on any atom is -1.00 e. The lowest BCUT2D eigenvalue weighted by atomic mass is 9.86. The van der Waals surface area contributed by atoms with E-state index in [-0.39, 0.29) is 17.0 Å². The number of nitrogens with zero attached hydrogens (tertiary/aromatic N) is 2. The molecule has 0 aliphatic heterocycles. The van der Waals surface area contributed by atoms with Gasteiger partial charge in [-0.05, 0) is 25.2 Å². The molecule has 0 N–H and O–H groups in total. The predicted octanol–water partition coefficient (Wildman–Crippen LogP) is -0.932. The quantitative estimate of drug-likeness (QED) is 0.576. The lowest BCUT2D eigenvalue weighted by molar-refractivity contribution is -0.731. The van der Waals surface area contributed by atoms with Crippen LogP contribution in [0.5, 0.6) is 0 Å². The standard InChI is InChI=1S/C11H19N2.BrH/c1-10-5-3-4-6-11(10)13-8-7-12(2)9-13;/h7-11H,3-6H2,1-2H3;1H/q+1;/p-1/t10-,11?;/m1./s1. The zero-order chi connectivity index (χ0) is 9.26. The SMILES string of the molecule is C[C@@H]1CCCCC1[n+]1ccn(C)c1.[Br-]. The van der Waals surface area contributed by atoms with Crippen LogP contribution in [-0.4, -0.2) is 4.57 Å². The van der Waals surface area contributed by atoms with Gasteiger partial charge < -0.3 is 17.0 Å². The highest BCUT2D eigenvalue weighted by Gasteiger charge is 2.26. The highest BCUT2D eigenvalue weighted by Crippen LogP contribution is 2.29. The number of imidazole rings is 1. The van der Waals surface area contributed by atoms with Crippen LogP contribution in [0.3, 0.4) is 0 Å². The summed E-state index contributed by atoms with van der Waals surface area (Å²) in [5.74, 6) is 0.848. The van der Waals surface area contributed by atoms with Crippen molar-refractivity contribution in [3.05, 3.63) is 18.7 Å². The summed E-state index contributed by atoms with van der Waals surface area (Å²) < 4.78 is 4.51. The summed E-state index contributed by atoms with van der Waals surface area (Å²) in [6.07, 6.45) is 12.1. The van der Waals surface area contributed by atoms with Crippen molar-refractivity contribution in [1.82, 2.24) is 4.57 Å². The molecule has 0 aromatic carbocycles. The van der Waals surface area contributed by atoms with Gasteiger partial charge in [0.05, 0.1) is 7.05 Å². The Balaban J connectivity index is 0.000000980. The van der Waals surface area contributed by atoms with Gasteiger partial charge in [-0.25, -0.2) is 9.13 Å². The highest BCUT2D eigenvalue weighted by atomic mass is 79.9. The van der Waals surface area contributed by atoms with Crippen molar-refractivity contribution in [3.63, 3.8) is 0 Å². The lowest BCUT2D eigenvalue weighted by Crippen LogP contribution is -3.00. The van der Waals surface area contributed by atoms with E-state index in [0.717, 1.165) is 12.0 Å². The molecule has 1 unspecified atom stereocenters. The van der Waals surface area contributed by atoms with Crippen molar-refractivity contribution >= 4 is 0 Å². The number of hydrogen-bond acceptors (Lipinski definition) is 0. The van der Waals surface area contributed by atoms with Crippen molar-refractivity contribution in [2.75, 3.05) is 0 Å². The average molecular weight is 259 g/mol. The summed E-state index contributed by atoms with van der Waals surface area (Å²) in [6, 6.07) is 0.745. The minimum absolute atomic E-state index is 0. The van der Waals surface area contributed by atoms with Crippen molar-refractivity contribution in [2.45, 2.75) is 38.6 Å². The van der Waals surface area contributed by atoms with Crippen LogP contribution in [0.2, 0.25) is 0 Å². The van der Waals surface area contributed by atoms with Gasteiger partial charge in [-0.2, -0.15) is 0 Å². The number of aryl methyl sites for hydroxylation is 1. The van der Waals surface area contributed by atoms with Gasteiger partial charge in [0.1, 0.15) is 18.4 Å². The van der Waals surface area contributed by atoms with Gasteiger partial charge in [0.2, 0.25) is 6.33 Å². The molecule has 80 valence electrons. The van der Waals surface area contributed by atoms with Crippen LogP contribution in [0.15, 0.2) is 18.7 Å². The Hall–Kier alpha value is -0.310. The Morgan fingerprint density at radius 1 is 1.29 bits per heavy atom. The highest BCUT2D eigenvalue weighted by molar-refractivity contribution is 4.71. The Morgan fingerprint density at radius 2 is 2.00 bits per heavy atom. The summed E-state index contributed by atoms with van der Waals surface area (Å²) in [6.45, 7) is 2.38. The predicted molar refractivity (Wildman–Crippen MR) is 52.3 cm³/mol. The smallest absolute Gasteiger partial charge is 0.243 e. The third kappa shape index (κ3) is 2.38. The molecular formula is C11H19BrN2. The molecule has 0 spiro atoms. The molecule has 1 heterocycles. The van der Waals surface area contributed by atoms with Crippen LogP contribution in [0, 0.1) is 5.92 Å². The second kappa shape index (κ2) is 4.96. The van der Waals surface area contributed by atoms with E-state index in [2.05, 4.69) is 41.8 Å². The Labute approximate surface area is 96.7 Å². The maximum Gasteiger partial charge on any atom is 0.243 e. The fourth-order valence-corrected chi connectivity index (χ4v) is 2.41. The number of aromatic nitrogens is 2. The van der Waals surface area contributed by atoms with Crippen molar-refractivity contribution < 1.29 is 21.5 Å². The first-order chi connectivity index (χ1) is 6.27. The van der Waals surface area contributed by atoms with Gasteiger partial charge in [0, 0.05) is 0 Å². The van der Waals surface area contributed by atoms with E-state index in [1.54, 1.807) is 0 Å². The largest absolute Gasteiger partial charge is 1.00 e. The summed E-state index contributed by atoms with van der Waals surface area (Å²) in [5, 5.41) is 0. The van der Waals surface area contributed by atoms with Crippen LogP contribution in [-0.2, 0) is 7.05 Å². The summed E-state index contributed by atoms with van der Waals surface area (Å²) >= 11 is 0. The molecule has 2 atom stereocenters. The molecule has 2 nitrogen and oxygen atoms in total. The molecule has 3 heteroatoms. The van der Waals surface area contributed by atoms with Crippen LogP contribution >= 0.6 is 0 Å². The van der Waals surface area contributed by atoms with E-state index in [1.807, 2.05) is 0 Å². The first-order valence-corrected chi connectivity index (χ1v) is 5.30. The average Bonchev–Trinajstić information content (AvgIpc) is 2.53. The molecule has 1 saturated carbocycles. The molecule has 0 radical (unpaired) electrons. The maximum absolute atomic E-state index is 2.38. The molecule has 1 aromatic heterocycles. The first kappa shape index (κ1) is 11.8. The molecule has 0 saturated heterocycles. The van der Waals surface area contributed by atoms with Gasteiger partial charge in [0.25, 0.3) is 0 Å². The van der Waals surface area contributed by atoms with Crippen molar-refractivity contribution in [3.8, 4) is 0 Å². The molecule has 1 fully saturated rings. The van der Waals surface area contributed by atoms with Crippen LogP contribution < -0.4 is 21.5 Å². The monoisotopic (exact) mass is 258 g/mol. The second-order valence-electron chi connectivity index (χ2n) is 4.36. The third-order valence-corrected chi connectivity index (χ3v) is 3.24. The molecule has 1 aliphatic carbocycles. The first-order valence-electron chi connectivity index (χ1n) is 5.30. The Morgan fingerprint density at radius 3 is 2.57 bits per heavy atom. The molecular weight excluding hydrogens is 240 g/mol. The van der Waals surface area contributed by atoms with E-state index in [1.165, 1.54) is 25.7 Å². The molecule has 2 rings (SSSR count). The van der Waals surface area contributed by atoms with Crippen molar-refractivity contribution in [2.24, 2.45) is 13.0 Å². The zero-order valence-electron chi connectivity index (χ0n) is 8.99. The summed E-state index contributed by atoms with van der Waals surface area (Å²) in [4.78, 5) is 0. The fourth-order valence-electron chi connectivity index (χ4n) is 2.41. The van der Waals surface area contributed by atoms with Gasteiger partial charge in [-0.3, -0.25) is 0 Å². The Kier molecular flexibility index (Phi) is 4.17. The van der Waals surface area contributed by atoms with Gasteiger partial charge in [-0.15, -0.1) is 0 Å². The van der Waals surface area contributed by atoms with E-state index in [0.29, 0.717) is 0 Å². The summed E-state index contributed by atoms with van der Waals surface area (Å²) in [5.41, 5.74) is 0. The molecule has 0 bridgehead atoms. The van der Waals surface area contributed by atoms with Crippen molar-refractivity contribution in [1.29, 1.82) is 0 Å². The normalized spacial score (nSPS) is 27.0. The lowest BCUT2D eigenvalue weighted by Gasteiger charge is -2.25. The molecule has 14 heavy (non-hydrogen) atoms. The number of hydrogen-bond donors (Lipinski definition) is 0. The van der Waals surface area contributed by atoms with Crippen LogP contribution in [0.25, 0.3) is 0 Å². The molecule has 1 aliphatic rings. The molecule has 1 aromatic rings. The Bertz CT molecular complexity index is 283. The third-order valence-electron chi connectivity index (χ3n) is 3.24. The van der Waals surface area contributed by atoms with Gasteiger partial charge in [-0.1, -0.05) is 13.3 Å². The van der Waals surface area contributed by atoms with E-state index in [9.17, 15) is 0 Å². The van der Waals surface area contributed by atoms with E-state index >= 15 is 0 Å². The van der Waals surface area contributed by atoms with E-state index in [4.69, 9.17) is 0 Å². The van der Waals surface area contributed by atoms with E-state index < -0.39 is 0 Å². The maximum atomic E-state index is 2.38. The van der Waals surface area contributed by atoms with Crippen LogP contribution in [0.1, 0.15) is 38.6 Å².